The minimum atomic E-state index is -1.20. The summed E-state index contributed by atoms with van der Waals surface area (Å²) in [4.78, 5) is 0. The van der Waals surface area contributed by atoms with Gasteiger partial charge in [-0.2, -0.15) is 0 Å². The molecule has 0 fully saturated rings. The van der Waals surface area contributed by atoms with Crippen LogP contribution in [0.3, 0.4) is 0 Å². The predicted molar refractivity (Wildman–Crippen MR) is 114 cm³/mol. The van der Waals surface area contributed by atoms with E-state index in [2.05, 4.69) is 10.2 Å². The highest BCUT2D eigenvalue weighted by molar-refractivity contribution is 7.98. The van der Waals surface area contributed by atoms with Crippen molar-refractivity contribution in [3.63, 3.8) is 0 Å². The first-order valence-electron chi connectivity index (χ1n) is 7.97. The van der Waals surface area contributed by atoms with Crippen LogP contribution < -0.4 is 0 Å². The zero-order valence-corrected chi connectivity index (χ0v) is 18.3. The number of halogens is 3. The van der Waals surface area contributed by atoms with Gasteiger partial charge in [-0.1, -0.05) is 64.8 Å². The van der Waals surface area contributed by atoms with Crippen molar-refractivity contribution in [3.05, 3.63) is 74.5 Å². The summed E-state index contributed by atoms with van der Waals surface area (Å²) in [6.07, 6.45) is 0. The number of hydrogen-bond acceptors (Lipinski definition) is 4. The summed E-state index contributed by atoms with van der Waals surface area (Å²) in [6, 6.07) is 12.9. The van der Waals surface area contributed by atoms with Gasteiger partial charge in [0.05, 0.1) is 11.5 Å². The highest BCUT2D eigenvalue weighted by Crippen LogP contribution is 2.27. The van der Waals surface area contributed by atoms with Gasteiger partial charge in [-0.05, 0) is 29.8 Å². The molecule has 27 heavy (non-hydrogen) atoms. The van der Waals surface area contributed by atoms with Crippen LogP contribution in [0.2, 0.25) is 15.1 Å². The van der Waals surface area contributed by atoms with Crippen LogP contribution in [0, 0.1) is 0 Å². The highest BCUT2D eigenvalue weighted by Gasteiger charge is 2.15. The van der Waals surface area contributed by atoms with Gasteiger partial charge in [-0.3, -0.25) is 4.21 Å². The molecule has 4 nitrogen and oxygen atoms in total. The average Bonchev–Trinajstić information content (AvgIpc) is 2.98. The van der Waals surface area contributed by atoms with Crippen LogP contribution in [-0.2, 0) is 35.1 Å². The van der Waals surface area contributed by atoms with Gasteiger partial charge in [0.25, 0.3) is 0 Å². The second-order valence-corrected chi connectivity index (χ2v) is 9.45. The summed E-state index contributed by atoms with van der Waals surface area (Å²) in [5, 5.41) is 10.9. The Labute approximate surface area is 179 Å². The van der Waals surface area contributed by atoms with Crippen LogP contribution in [-0.4, -0.2) is 19.0 Å². The summed E-state index contributed by atoms with van der Waals surface area (Å²) < 4.78 is 14.4. The van der Waals surface area contributed by atoms with E-state index in [0.29, 0.717) is 26.5 Å². The van der Waals surface area contributed by atoms with Crippen LogP contribution in [0.1, 0.15) is 17.0 Å². The molecule has 0 bridgehead atoms. The Kier molecular flexibility index (Phi) is 7.22. The lowest BCUT2D eigenvalue weighted by molar-refractivity contribution is 0.677. The molecule has 0 N–H and O–H groups in total. The van der Waals surface area contributed by atoms with Gasteiger partial charge < -0.3 is 4.57 Å². The van der Waals surface area contributed by atoms with Crippen molar-refractivity contribution in [1.82, 2.24) is 14.8 Å². The largest absolute Gasteiger partial charge is 0.308 e. The zero-order chi connectivity index (χ0) is 19.4. The number of aromatic nitrogens is 3. The van der Waals surface area contributed by atoms with Crippen molar-refractivity contribution in [2.45, 2.75) is 22.4 Å². The Morgan fingerprint density at radius 3 is 2.33 bits per heavy atom. The van der Waals surface area contributed by atoms with Crippen LogP contribution in [0.5, 0.6) is 0 Å². The van der Waals surface area contributed by atoms with E-state index in [1.807, 2.05) is 35.9 Å². The number of rotatable bonds is 7. The molecule has 3 aromatic rings. The van der Waals surface area contributed by atoms with E-state index in [0.717, 1.165) is 16.5 Å². The molecule has 0 amide bonds. The quantitative estimate of drug-likeness (QED) is 0.436. The van der Waals surface area contributed by atoms with E-state index in [-0.39, 0.29) is 11.5 Å². The first-order chi connectivity index (χ1) is 12.9. The van der Waals surface area contributed by atoms with E-state index >= 15 is 0 Å². The lowest BCUT2D eigenvalue weighted by Crippen LogP contribution is -2.06. The van der Waals surface area contributed by atoms with Gasteiger partial charge in [0, 0.05) is 44.2 Å². The maximum absolute atomic E-state index is 12.6. The molecule has 1 atom stereocenters. The van der Waals surface area contributed by atoms with Gasteiger partial charge in [-0.15, -0.1) is 10.2 Å². The SMILES string of the molecule is Cn1c(C[S@@](=O)Cc2c(Cl)cccc2Cl)nnc1SCc1ccc(Cl)cc1. The Balaban J connectivity index is 1.63. The molecule has 0 aliphatic rings. The molecule has 142 valence electrons. The van der Waals surface area contributed by atoms with Crippen molar-refractivity contribution in [2.24, 2.45) is 7.05 Å². The molecular formula is C18H16Cl3N3OS2. The smallest absolute Gasteiger partial charge is 0.191 e. The van der Waals surface area contributed by atoms with E-state index in [1.54, 1.807) is 30.0 Å². The van der Waals surface area contributed by atoms with E-state index in [4.69, 9.17) is 34.8 Å². The van der Waals surface area contributed by atoms with Gasteiger partial charge in [0.15, 0.2) is 5.16 Å². The molecule has 0 unspecified atom stereocenters. The third kappa shape index (κ3) is 5.48. The van der Waals surface area contributed by atoms with E-state index < -0.39 is 10.8 Å². The standard InChI is InChI=1S/C18H16Cl3N3OS2/c1-24-17(11-27(25)10-14-15(20)3-2-4-16(14)21)22-23-18(24)26-9-12-5-7-13(19)8-6-12/h2-8H,9-11H2,1H3/t27-/m0/s1. The first-order valence-corrected chi connectivity index (χ1v) is 11.6. The summed E-state index contributed by atoms with van der Waals surface area (Å²) in [5.41, 5.74) is 1.84. The average molecular weight is 461 g/mol. The van der Waals surface area contributed by atoms with Gasteiger partial charge in [0.1, 0.15) is 5.82 Å². The fraction of sp³-hybridized carbons (Fsp3) is 0.222. The Morgan fingerprint density at radius 2 is 1.67 bits per heavy atom. The van der Waals surface area contributed by atoms with E-state index in [9.17, 15) is 4.21 Å². The lowest BCUT2D eigenvalue weighted by atomic mass is 10.2. The maximum Gasteiger partial charge on any atom is 0.191 e. The monoisotopic (exact) mass is 459 g/mol. The van der Waals surface area contributed by atoms with Gasteiger partial charge in [0.2, 0.25) is 0 Å². The molecule has 0 aliphatic heterocycles. The van der Waals surface area contributed by atoms with E-state index in [1.165, 1.54) is 0 Å². The Bertz CT molecular complexity index is 941. The summed E-state index contributed by atoms with van der Waals surface area (Å²) >= 11 is 19.8. The molecule has 1 aromatic heterocycles. The fourth-order valence-electron chi connectivity index (χ4n) is 2.35. The van der Waals surface area contributed by atoms with Gasteiger partial charge in [-0.25, -0.2) is 0 Å². The Hall–Kier alpha value is -1.05. The lowest BCUT2D eigenvalue weighted by Gasteiger charge is -2.07. The summed E-state index contributed by atoms with van der Waals surface area (Å²) in [5.74, 6) is 1.97. The van der Waals surface area contributed by atoms with Crippen molar-refractivity contribution < 1.29 is 4.21 Å². The van der Waals surface area contributed by atoms with Crippen molar-refractivity contribution in [2.75, 3.05) is 0 Å². The summed E-state index contributed by atoms with van der Waals surface area (Å²) in [7, 11) is 0.676. The molecule has 0 saturated carbocycles. The maximum atomic E-state index is 12.6. The van der Waals surface area contributed by atoms with Gasteiger partial charge >= 0.3 is 0 Å². The predicted octanol–water partition coefficient (Wildman–Crippen LogP) is 5.52. The zero-order valence-electron chi connectivity index (χ0n) is 14.4. The first kappa shape index (κ1) is 20.7. The minimum absolute atomic E-state index is 0.276. The minimum Gasteiger partial charge on any atom is -0.308 e. The third-order valence-corrected chi connectivity index (χ3v) is 7.11. The fourth-order valence-corrected chi connectivity index (χ4v) is 5.33. The van der Waals surface area contributed by atoms with Crippen LogP contribution in [0.25, 0.3) is 0 Å². The van der Waals surface area contributed by atoms with Crippen LogP contribution in [0.15, 0.2) is 47.6 Å². The molecule has 0 spiro atoms. The molecule has 0 radical (unpaired) electrons. The second kappa shape index (κ2) is 9.43. The number of thioether (sulfide) groups is 1. The number of nitrogens with zero attached hydrogens (tertiary/aromatic N) is 3. The second-order valence-electron chi connectivity index (χ2n) is 5.80. The molecule has 2 aromatic carbocycles. The molecule has 3 rings (SSSR count). The van der Waals surface area contributed by atoms with Crippen molar-refractivity contribution >= 4 is 57.4 Å². The number of benzene rings is 2. The van der Waals surface area contributed by atoms with Crippen molar-refractivity contribution in [1.29, 1.82) is 0 Å². The molecule has 9 heteroatoms. The topological polar surface area (TPSA) is 47.8 Å². The van der Waals surface area contributed by atoms with Crippen molar-refractivity contribution in [3.8, 4) is 0 Å². The molecule has 0 aliphatic carbocycles. The van der Waals surface area contributed by atoms with Crippen LogP contribution in [0.4, 0.5) is 0 Å². The highest BCUT2D eigenvalue weighted by atomic mass is 35.5. The third-order valence-electron chi connectivity index (χ3n) is 3.86. The number of hydrogen-bond donors (Lipinski definition) is 0. The molecule has 0 saturated heterocycles. The summed E-state index contributed by atoms with van der Waals surface area (Å²) in [6.45, 7) is 0. The Morgan fingerprint density at radius 1 is 1.00 bits per heavy atom. The molecular weight excluding hydrogens is 445 g/mol. The molecule has 1 heterocycles. The van der Waals surface area contributed by atoms with Crippen LogP contribution >= 0.6 is 46.6 Å². The normalized spacial score (nSPS) is 12.3.